The van der Waals surface area contributed by atoms with E-state index in [-0.39, 0.29) is 12.1 Å². The molecule has 2 aromatic heterocycles. The van der Waals surface area contributed by atoms with Crippen molar-refractivity contribution < 1.29 is 9.47 Å². The van der Waals surface area contributed by atoms with E-state index >= 15 is 0 Å². The minimum atomic E-state index is 0.280. The Kier molecular flexibility index (Phi) is 3.68. The van der Waals surface area contributed by atoms with Gasteiger partial charge >= 0.3 is 0 Å². The topological polar surface area (TPSA) is 87.4 Å². The summed E-state index contributed by atoms with van der Waals surface area (Å²) in [6.45, 7) is 3.13. The summed E-state index contributed by atoms with van der Waals surface area (Å²) in [5, 5.41) is 18.2. The standard InChI is InChI=1S/C20H22N6O2/c21-7-17-20(26-12-1-2-13(26)11-27-10-12)19-16(23-24-17)5-6-18(22-19)25-8-14-3-4-15(9-25)28-14/h5-6,12-15H,1-4,8-11H2. The Labute approximate surface area is 163 Å². The molecule has 28 heavy (non-hydrogen) atoms. The predicted molar refractivity (Wildman–Crippen MR) is 102 cm³/mol. The van der Waals surface area contributed by atoms with Crippen LogP contribution in [0.2, 0.25) is 0 Å². The third-order valence-electron chi connectivity index (χ3n) is 6.54. The molecular weight excluding hydrogens is 356 g/mol. The highest BCUT2D eigenvalue weighted by Gasteiger charge is 2.40. The lowest BCUT2D eigenvalue weighted by Crippen LogP contribution is -2.46. The molecule has 144 valence electrons. The van der Waals surface area contributed by atoms with Crippen LogP contribution in [0.5, 0.6) is 0 Å². The number of rotatable bonds is 2. The van der Waals surface area contributed by atoms with Crippen molar-refractivity contribution in [3.8, 4) is 6.07 Å². The molecule has 4 aliphatic heterocycles. The highest BCUT2D eigenvalue weighted by atomic mass is 16.5. The van der Waals surface area contributed by atoms with Crippen molar-refractivity contribution in [2.24, 2.45) is 0 Å². The molecule has 4 atom stereocenters. The molecule has 8 nitrogen and oxygen atoms in total. The lowest BCUT2D eigenvalue weighted by molar-refractivity contribution is 0.0302. The van der Waals surface area contributed by atoms with E-state index < -0.39 is 0 Å². The smallest absolute Gasteiger partial charge is 0.188 e. The molecule has 8 heteroatoms. The number of nitrogens with zero attached hydrogens (tertiary/aromatic N) is 6. The van der Waals surface area contributed by atoms with Crippen LogP contribution in [-0.4, -0.2) is 65.8 Å². The largest absolute Gasteiger partial charge is 0.377 e. The minimum absolute atomic E-state index is 0.280. The molecule has 6 heterocycles. The van der Waals surface area contributed by atoms with Crippen molar-refractivity contribution in [3.05, 3.63) is 17.8 Å². The maximum Gasteiger partial charge on any atom is 0.188 e. The van der Waals surface area contributed by atoms with Crippen LogP contribution >= 0.6 is 0 Å². The second-order valence-electron chi connectivity index (χ2n) is 8.24. The van der Waals surface area contributed by atoms with Crippen LogP contribution in [0.1, 0.15) is 31.4 Å². The third kappa shape index (κ3) is 2.46. The molecule has 4 unspecified atom stereocenters. The van der Waals surface area contributed by atoms with E-state index in [2.05, 4.69) is 26.1 Å². The monoisotopic (exact) mass is 378 g/mol. The van der Waals surface area contributed by atoms with Gasteiger partial charge in [0.1, 0.15) is 28.6 Å². The Balaban J connectivity index is 1.47. The summed E-state index contributed by atoms with van der Waals surface area (Å²) in [6, 6.07) is 6.81. The summed E-state index contributed by atoms with van der Waals surface area (Å²) < 4.78 is 11.7. The molecule has 2 aromatic rings. The van der Waals surface area contributed by atoms with Gasteiger partial charge < -0.3 is 19.3 Å². The van der Waals surface area contributed by atoms with Gasteiger partial charge in [-0.05, 0) is 37.8 Å². The number of hydrogen-bond donors (Lipinski definition) is 0. The molecule has 6 rings (SSSR count). The average molecular weight is 378 g/mol. The first-order valence-corrected chi connectivity index (χ1v) is 10.1. The summed E-state index contributed by atoms with van der Waals surface area (Å²) in [7, 11) is 0. The Bertz CT molecular complexity index is 947. The van der Waals surface area contributed by atoms with Gasteiger partial charge in [-0.25, -0.2) is 4.98 Å². The lowest BCUT2D eigenvalue weighted by Gasteiger charge is -2.37. The van der Waals surface area contributed by atoms with Crippen LogP contribution in [0.25, 0.3) is 11.0 Å². The van der Waals surface area contributed by atoms with Gasteiger partial charge in [-0.1, -0.05) is 0 Å². The quantitative estimate of drug-likeness (QED) is 0.779. The zero-order chi connectivity index (χ0) is 18.7. The number of aromatic nitrogens is 3. The highest BCUT2D eigenvalue weighted by Crippen LogP contribution is 2.39. The molecular formula is C20H22N6O2. The fourth-order valence-corrected chi connectivity index (χ4v) is 5.25. The molecule has 0 saturated carbocycles. The molecule has 4 fully saturated rings. The number of nitriles is 1. The molecule has 4 bridgehead atoms. The average Bonchev–Trinajstić information content (AvgIpc) is 3.19. The van der Waals surface area contributed by atoms with E-state index in [0.717, 1.165) is 61.3 Å². The third-order valence-corrected chi connectivity index (χ3v) is 6.54. The predicted octanol–water partition coefficient (Wildman–Crippen LogP) is 1.63. The van der Waals surface area contributed by atoms with Crippen molar-refractivity contribution in [1.29, 1.82) is 5.26 Å². The summed E-state index contributed by atoms with van der Waals surface area (Å²) >= 11 is 0. The number of morpholine rings is 2. The first-order valence-electron chi connectivity index (χ1n) is 10.1. The van der Waals surface area contributed by atoms with Gasteiger partial charge in [0.2, 0.25) is 0 Å². The Morgan fingerprint density at radius 3 is 2.46 bits per heavy atom. The normalized spacial score (nSPS) is 31.4. The first-order chi connectivity index (χ1) is 13.8. The van der Waals surface area contributed by atoms with E-state index in [4.69, 9.17) is 14.5 Å². The van der Waals surface area contributed by atoms with Crippen LogP contribution in [0.3, 0.4) is 0 Å². The van der Waals surface area contributed by atoms with Gasteiger partial charge in [0.05, 0.1) is 37.5 Å². The van der Waals surface area contributed by atoms with Crippen molar-refractivity contribution >= 4 is 22.5 Å². The second-order valence-corrected chi connectivity index (χ2v) is 8.24. The molecule has 0 amide bonds. The minimum Gasteiger partial charge on any atom is -0.377 e. The molecule has 0 aliphatic carbocycles. The van der Waals surface area contributed by atoms with E-state index in [9.17, 15) is 5.26 Å². The van der Waals surface area contributed by atoms with Crippen LogP contribution in [0, 0.1) is 11.3 Å². The summed E-state index contributed by atoms with van der Waals surface area (Å²) in [6.07, 6.45) is 5.01. The van der Waals surface area contributed by atoms with Gasteiger partial charge in [-0.3, -0.25) is 0 Å². The fourth-order valence-electron chi connectivity index (χ4n) is 5.25. The van der Waals surface area contributed by atoms with Gasteiger partial charge in [-0.15, -0.1) is 10.2 Å². The fraction of sp³-hybridized carbons (Fsp3) is 0.600. The number of anilines is 2. The SMILES string of the molecule is N#Cc1nnc2ccc(N3CC4CCC(C3)O4)nc2c1N1C2CCC1COC2. The van der Waals surface area contributed by atoms with Crippen LogP contribution in [0.15, 0.2) is 12.1 Å². The molecule has 4 saturated heterocycles. The maximum atomic E-state index is 9.73. The van der Waals surface area contributed by atoms with Crippen LogP contribution < -0.4 is 9.80 Å². The number of hydrogen-bond acceptors (Lipinski definition) is 8. The summed E-state index contributed by atoms with van der Waals surface area (Å²) in [5.41, 5.74) is 2.71. The van der Waals surface area contributed by atoms with Crippen LogP contribution in [-0.2, 0) is 9.47 Å². The molecule has 0 radical (unpaired) electrons. The summed E-state index contributed by atoms with van der Waals surface area (Å²) in [4.78, 5) is 9.66. The molecule has 0 spiro atoms. The number of pyridine rings is 1. The van der Waals surface area contributed by atoms with Crippen molar-refractivity contribution in [3.63, 3.8) is 0 Å². The number of fused-ring (bicyclic) bond motifs is 5. The lowest BCUT2D eigenvalue weighted by atomic mass is 10.1. The van der Waals surface area contributed by atoms with E-state index in [1.54, 1.807) is 0 Å². The zero-order valence-electron chi connectivity index (χ0n) is 15.6. The van der Waals surface area contributed by atoms with E-state index in [0.29, 0.717) is 31.1 Å². The number of ether oxygens (including phenoxy) is 2. The Hall–Kier alpha value is -2.50. The zero-order valence-corrected chi connectivity index (χ0v) is 15.6. The second kappa shape index (κ2) is 6.26. The van der Waals surface area contributed by atoms with E-state index in [1.165, 1.54) is 0 Å². The van der Waals surface area contributed by atoms with Gasteiger partial charge in [0, 0.05) is 13.1 Å². The first kappa shape index (κ1) is 16.5. The van der Waals surface area contributed by atoms with Gasteiger partial charge in [0.25, 0.3) is 0 Å². The molecule has 4 aliphatic rings. The molecule has 0 N–H and O–H groups in total. The Morgan fingerprint density at radius 1 is 1.00 bits per heavy atom. The van der Waals surface area contributed by atoms with Gasteiger partial charge in [0.15, 0.2) is 5.69 Å². The summed E-state index contributed by atoms with van der Waals surface area (Å²) in [5.74, 6) is 0.937. The van der Waals surface area contributed by atoms with Crippen molar-refractivity contribution in [2.75, 3.05) is 36.1 Å². The Morgan fingerprint density at radius 2 is 1.75 bits per heavy atom. The maximum absolute atomic E-state index is 9.73. The van der Waals surface area contributed by atoms with Crippen molar-refractivity contribution in [2.45, 2.75) is 50.0 Å². The highest BCUT2D eigenvalue weighted by molar-refractivity contribution is 5.91. The van der Waals surface area contributed by atoms with Gasteiger partial charge in [-0.2, -0.15) is 5.26 Å². The van der Waals surface area contributed by atoms with E-state index in [1.807, 2.05) is 12.1 Å². The van der Waals surface area contributed by atoms with Crippen LogP contribution in [0.4, 0.5) is 11.5 Å². The van der Waals surface area contributed by atoms with Crippen molar-refractivity contribution in [1.82, 2.24) is 15.2 Å². The molecule has 0 aromatic carbocycles.